The van der Waals surface area contributed by atoms with Gasteiger partial charge < -0.3 is 23.9 Å². The summed E-state index contributed by atoms with van der Waals surface area (Å²) in [6, 6.07) is 20.9. The van der Waals surface area contributed by atoms with Crippen molar-refractivity contribution in [2.75, 3.05) is 6.61 Å². The van der Waals surface area contributed by atoms with E-state index in [0.29, 0.717) is 36.0 Å². The van der Waals surface area contributed by atoms with Crippen LogP contribution < -0.4 is 9.47 Å². The Hall–Kier alpha value is -4.85. The Balaban J connectivity index is 1.54. The summed E-state index contributed by atoms with van der Waals surface area (Å²) < 4.78 is 17.5. The van der Waals surface area contributed by atoms with Gasteiger partial charge in [0.1, 0.15) is 12.4 Å². The Morgan fingerprint density at radius 3 is 2.49 bits per heavy atom. The molecule has 0 fully saturated rings. The van der Waals surface area contributed by atoms with Crippen molar-refractivity contribution in [3.8, 4) is 11.5 Å². The molecule has 8 heteroatoms. The second-order valence-electron chi connectivity index (χ2n) is 9.11. The molecular weight excluding hydrogens is 496 g/mol. The van der Waals surface area contributed by atoms with Crippen LogP contribution in [0.5, 0.6) is 11.5 Å². The summed E-state index contributed by atoms with van der Waals surface area (Å²) in [5, 5.41) is 11.0. The van der Waals surface area contributed by atoms with Crippen LogP contribution in [0.15, 0.2) is 101 Å². The molecule has 0 aliphatic carbocycles. The van der Waals surface area contributed by atoms with E-state index in [-0.39, 0.29) is 17.9 Å². The molecule has 0 bridgehead atoms. The topological polar surface area (TPSA) is 102 Å². The van der Waals surface area contributed by atoms with E-state index in [4.69, 9.17) is 13.9 Å². The molecular formula is C31H28N2O6. The second kappa shape index (κ2) is 11.3. The zero-order chi connectivity index (χ0) is 27.4. The van der Waals surface area contributed by atoms with Crippen LogP contribution in [0.4, 0.5) is 0 Å². The molecule has 3 heterocycles. The van der Waals surface area contributed by atoms with Crippen LogP contribution in [0.1, 0.15) is 46.0 Å². The fourth-order valence-corrected chi connectivity index (χ4v) is 4.59. The van der Waals surface area contributed by atoms with Gasteiger partial charge in [-0.05, 0) is 60.9 Å². The smallest absolute Gasteiger partial charge is 0.290 e. The average molecular weight is 525 g/mol. The number of rotatable bonds is 10. The first-order valence-corrected chi connectivity index (χ1v) is 12.6. The summed E-state index contributed by atoms with van der Waals surface area (Å²) in [5.74, 6) is -0.242. The Labute approximate surface area is 226 Å². The van der Waals surface area contributed by atoms with Gasteiger partial charge in [0, 0.05) is 18.9 Å². The van der Waals surface area contributed by atoms with Crippen LogP contribution in [-0.2, 0) is 17.9 Å². The molecule has 39 heavy (non-hydrogen) atoms. The number of benzene rings is 2. The second-order valence-corrected chi connectivity index (χ2v) is 9.11. The number of carbonyl (C=O) groups is 2. The van der Waals surface area contributed by atoms with Gasteiger partial charge in [-0.25, -0.2) is 0 Å². The third-order valence-corrected chi connectivity index (χ3v) is 6.41. The molecule has 5 rings (SSSR count). The molecule has 0 spiro atoms. The van der Waals surface area contributed by atoms with E-state index >= 15 is 0 Å². The van der Waals surface area contributed by atoms with E-state index in [9.17, 15) is 14.7 Å². The number of aliphatic hydroxyl groups is 1. The van der Waals surface area contributed by atoms with Crippen LogP contribution >= 0.6 is 0 Å². The summed E-state index contributed by atoms with van der Waals surface area (Å²) in [6.45, 7) is 4.44. The van der Waals surface area contributed by atoms with Crippen molar-refractivity contribution in [3.05, 3.63) is 125 Å². The van der Waals surface area contributed by atoms with Crippen LogP contribution in [0.3, 0.4) is 0 Å². The van der Waals surface area contributed by atoms with E-state index < -0.39 is 23.5 Å². The summed E-state index contributed by atoms with van der Waals surface area (Å²) in [7, 11) is 0. The quantitative estimate of drug-likeness (QED) is 0.264. The normalized spacial score (nSPS) is 15.1. The zero-order valence-corrected chi connectivity index (χ0v) is 21.7. The van der Waals surface area contributed by atoms with E-state index in [1.54, 1.807) is 49.6 Å². The SMILES string of the molecule is CCOc1cc(C2C(C(=O)c3ccc(C)o3)=C(O)C(=O)N2Cc2cccnc2)ccc1OCc1ccccc1. The van der Waals surface area contributed by atoms with E-state index in [0.717, 1.165) is 11.1 Å². The fraction of sp³-hybridized carbons (Fsp3) is 0.194. The maximum atomic E-state index is 13.6. The van der Waals surface area contributed by atoms with Crippen LogP contribution in [-0.4, -0.2) is 33.3 Å². The predicted octanol–water partition coefficient (Wildman–Crippen LogP) is 5.74. The van der Waals surface area contributed by atoms with Gasteiger partial charge in [0.15, 0.2) is 23.0 Å². The lowest BCUT2D eigenvalue weighted by Gasteiger charge is -2.27. The molecule has 1 aliphatic heterocycles. The number of hydrogen-bond donors (Lipinski definition) is 1. The highest BCUT2D eigenvalue weighted by Crippen LogP contribution is 2.42. The van der Waals surface area contributed by atoms with Crippen molar-refractivity contribution in [2.24, 2.45) is 0 Å². The van der Waals surface area contributed by atoms with E-state index in [1.165, 1.54) is 11.0 Å². The monoisotopic (exact) mass is 524 g/mol. The highest BCUT2D eigenvalue weighted by molar-refractivity contribution is 6.15. The van der Waals surface area contributed by atoms with Crippen molar-refractivity contribution in [2.45, 2.75) is 33.0 Å². The molecule has 8 nitrogen and oxygen atoms in total. The third kappa shape index (κ3) is 5.40. The number of aromatic nitrogens is 1. The number of aryl methyl sites for hydroxylation is 1. The van der Waals surface area contributed by atoms with Gasteiger partial charge in [0.2, 0.25) is 5.78 Å². The Bertz CT molecular complexity index is 1510. The van der Waals surface area contributed by atoms with Crippen LogP contribution in [0.25, 0.3) is 0 Å². The zero-order valence-electron chi connectivity index (χ0n) is 21.7. The molecule has 1 N–H and O–H groups in total. The van der Waals surface area contributed by atoms with Gasteiger partial charge in [-0.15, -0.1) is 0 Å². The minimum Gasteiger partial charge on any atom is -0.503 e. The van der Waals surface area contributed by atoms with Gasteiger partial charge in [-0.1, -0.05) is 42.5 Å². The molecule has 1 unspecified atom stereocenters. The standard InChI is InChI=1S/C31H28N2O6/c1-3-37-26-16-23(12-14-24(26)38-19-21-8-5-4-6-9-21)28-27(29(34)25-13-11-20(2)39-25)30(35)31(36)33(28)18-22-10-7-15-32-17-22/h4-17,28,35H,3,18-19H2,1-2H3. The molecule has 2 aromatic carbocycles. The Morgan fingerprint density at radius 2 is 1.79 bits per heavy atom. The number of nitrogens with zero attached hydrogens (tertiary/aromatic N) is 2. The predicted molar refractivity (Wildman–Crippen MR) is 143 cm³/mol. The number of carbonyl (C=O) groups excluding carboxylic acids is 2. The first kappa shape index (κ1) is 25.8. The maximum Gasteiger partial charge on any atom is 0.290 e. The molecule has 1 aliphatic rings. The lowest BCUT2D eigenvalue weighted by atomic mass is 9.94. The van der Waals surface area contributed by atoms with E-state index in [1.807, 2.05) is 43.3 Å². The molecule has 0 saturated carbocycles. The van der Waals surface area contributed by atoms with Gasteiger partial charge >= 0.3 is 0 Å². The molecule has 0 saturated heterocycles. The van der Waals surface area contributed by atoms with Gasteiger partial charge in [-0.2, -0.15) is 0 Å². The number of Topliss-reactive ketones (excluding diaryl/α,β-unsaturated/α-hetero) is 1. The van der Waals surface area contributed by atoms with Crippen molar-refractivity contribution in [3.63, 3.8) is 0 Å². The largest absolute Gasteiger partial charge is 0.503 e. The highest BCUT2D eigenvalue weighted by Gasteiger charge is 2.44. The number of amides is 1. The number of aliphatic hydroxyl groups excluding tert-OH is 1. The lowest BCUT2D eigenvalue weighted by molar-refractivity contribution is -0.130. The van der Waals surface area contributed by atoms with Crippen molar-refractivity contribution in [1.82, 2.24) is 9.88 Å². The maximum absolute atomic E-state index is 13.6. The summed E-state index contributed by atoms with van der Waals surface area (Å²) in [6.07, 6.45) is 3.28. The Kier molecular flexibility index (Phi) is 7.45. The van der Waals surface area contributed by atoms with Crippen molar-refractivity contribution < 1.29 is 28.6 Å². The molecule has 0 radical (unpaired) electrons. The number of ketones is 1. The minimum absolute atomic E-state index is 0.0444. The first-order chi connectivity index (χ1) is 19.0. The fourth-order valence-electron chi connectivity index (χ4n) is 4.59. The minimum atomic E-state index is -0.891. The number of furan rings is 1. The number of hydrogen-bond acceptors (Lipinski definition) is 7. The molecule has 2 aromatic heterocycles. The van der Waals surface area contributed by atoms with Gasteiger partial charge in [0.05, 0.1) is 18.2 Å². The van der Waals surface area contributed by atoms with E-state index in [2.05, 4.69) is 4.98 Å². The molecule has 198 valence electrons. The number of ether oxygens (including phenoxy) is 2. The summed E-state index contributed by atoms with van der Waals surface area (Å²) in [4.78, 5) is 32.5. The summed E-state index contributed by atoms with van der Waals surface area (Å²) >= 11 is 0. The lowest BCUT2D eigenvalue weighted by Crippen LogP contribution is -2.30. The highest BCUT2D eigenvalue weighted by atomic mass is 16.5. The third-order valence-electron chi connectivity index (χ3n) is 6.41. The van der Waals surface area contributed by atoms with Gasteiger partial charge in [-0.3, -0.25) is 14.6 Å². The number of pyridine rings is 1. The average Bonchev–Trinajstić information content (AvgIpc) is 3.50. The van der Waals surface area contributed by atoms with Gasteiger partial charge in [0.25, 0.3) is 5.91 Å². The first-order valence-electron chi connectivity index (χ1n) is 12.6. The van der Waals surface area contributed by atoms with Crippen LogP contribution in [0.2, 0.25) is 0 Å². The molecule has 1 amide bonds. The molecule has 1 atom stereocenters. The Morgan fingerprint density at radius 1 is 1.00 bits per heavy atom. The van der Waals surface area contributed by atoms with Crippen LogP contribution in [0, 0.1) is 6.92 Å². The molecule has 4 aromatic rings. The summed E-state index contributed by atoms with van der Waals surface area (Å²) in [5.41, 5.74) is 2.28. The van der Waals surface area contributed by atoms with Crippen molar-refractivity contribution >= 4 is 11.7 Å². The van der Waals surface area contributed by atoms with Crippen molar-refractivity contribution in [1.29, 1.82) is 0 Å².